The van der Waals surface area contributed by atoms with Crippen LogP contribution >= 0.6 is 0 Å². The van der Waals surface area contributed by atoms with Crippen LogP contribution in [0.4, 0.5) is 11.4 Å². The van der Waals surface area contributed by atoms with Crippen LogP contribution in [0.3, 0.4) is 0 Å². The number of hydrogen-bond acceptors (Lipinski definition) is 7. The van der Waals surface area contributed by atoms with Crippen molar-refractivity contribution in [1.29, 1.82) is 0 Å². The molecule has 0 saturated heterocycles. The summed E-state index contributed by atoms with van der Waals surface area (Å²) in [5, 5.41) is 5.79. The summed E-state index contributed by atoms with van der Waals surface area (Å²) >= 11 is 0. The molecule has 0 radical (unpaired) electrons. The van der Waals surface area contributed by atoms with E-state index in [0.29, 0.717) is 31.7 Å². The average Bonchev–Trinajstić information content (AvgIpc) is 3.05. The van der Waals surface area contributed by atoms with Crippen molar-refractivity contribution < 1.29 is 23.9 Å². The lowest BCUT2D eigenvalue weighted by atomic mass is 9.89. The number of fused-ring (bicyclic) bond motifs is 1. The van der Waals surface area contributed by atoms with E-state index < -0.39 is 11.0 Å². The number of hydrogen-bond donors (Lipinski definition) is 4. The van der Waals surface area contributed by atoms with E-state index in [-0.39, 0.29) is 37.4 Å². The van der Waals surface area contributed by atoms with Gasteiger partial charge >= 0.3 is 0 Å². The molecule has 0 spiro atoms. The summed E-state index contributed by atoms with van der Waals surface area (Å²) in [5.41, 5.74) is 5.18. The van der Waals surface area contributed by atoms with E-state index in [0.717, 1.165) is 35.4 Å². The smallest absolute Gasteiger partial charge is 0.246 e. The monoisotopic (exact) mass is 539 g/mol. The SMILES string of the molecule is CC(C)(CCNC(=O)COCC1=C(C2=Nc3ccccc3NC(=O)C2)CCC=C1)OCCC(C)(C)C(=O)NN. The first kappa shape index (κ1) is 30.2. The lowest BCUT2D eigenvalue weighted by Gasteiger charge is -2.28. The van der Waals surface area contributed by atoms with Crippen molar-refractivity contribution in [3.8, 4) is 0 Å². The number of ether oxygens (including phenoxy) is 2. The lowest BCUT2D eigenvalue weighted by molar-refractivity contribution is -0.131. The first-order chi connectivity index (χ1) is 18.5. The van der Waals surface area contributed by atoms with E-state index in [1.54, 1.807) is 0 Å². The summed E-state index contributed by atoms with van der Waals surface area (Å²) in [5.74, 6) is 4.69. The summed E-state index contributed by atoms with van der Waals surface area (Å²) < 4.78 is 11.7. The van der Waals surface area contributed by atoms with Gasteiger partial charge in [-0.05, 0) is 62.8 Å². The molecule has 0 aromatic heterocycles. The highest BCUT2D eigenvalue weighted by atomic mass is 16.5. The average molecular weight is 540 g/mol. The summed E-state index contributed by atoms with van der Waals surface area (Å²) in [6.45, 7) is 8.52. The molecule has 0 atom stereocenters. The van der Waals surface area contributed by atoms with Gasteiger partial charge in [0.15, 0.2) is 0 Å². The molecule has 10 nitrogen and oxygen atoms in total. The predicted octanol–water partition coefficient (Wildman–Crippen LogP) is 3.47. The van der Waals surface area contributed by atoms with Crippen molar-refractivity contribution in [3.63, 3.8) is 0 Å². The van der Waals surface area contributed by atoms with Gasteiger partial charge < -0.3 is 20.1 Å². The van der Waals surface area contributed by atoms with Crippen molar-refractivity contribution >= 4 is 34.8 Å². The summed E-state index contributed by atoms with van der Waals surface area (Å²) in [6, 6.07) is 7.49. The van der Waals surface area contributed by atoms with E-state index in [9.17, 15) is 14.4 Å². The van der Waals surface area contributed by atoms with Gasteiger partial charge in [-0.15, -0.1) is 0 Å². The number of allylic oxidation sites excluding steroid dienone is 2. The number of anilines is 1. The van der Waals surface area contributed by atoms with E-state index in [1.807, 2.05) is 58.0 Å². The number of amides is 3. The molecule has 10 heteroatoms. The van der Waals surface area contributed by atoms with Crippen LogP contribution in [0.5, 0.6) is 0 Å². The van der Waals surface area contributed by atoms with Gasteiger partial charge in [-0.3, -0.25) is 24.8 Å². The summed E-state index contributed by atoms with van der Waals surface area (Å²) in [4.78, 5) is 41.5. The van der Waals surface area contributed by atoms with Gasteiger partial charge in [0.1, 0.15) is 6.61 Å². The van der Waals surface area contributed by atoms with Crippen molar-refractivity contribution in [1.82, 2.24) is 10.7 Å². The van der Waals surface area contributed by atoms with Crippen LogP contribution in [0.1, 0.15) is 59.8 Å². The number of aliphatic imine (C=N–C) groups is 1. The molecule has 3 amide bonds. The minimum Gasteiger partial charge on any atom is -0.375 e. The van der Waals surface area contributed by atoms with Crippen LogP contribution < -0.4 is 21.9 Å². The van der Waals surface area contributed by atoms with Gasteiger partial charge in [-0.2, -0.15) is 0 Å². The topological polar surface area (TPSA) is 144 Å². The third-order valence-electron chi connectivity index (χ3n) is 6.88. The fourth-order valence-electron chi connectivity index (χ4n) is 4.33. The molecule has 39 heavy (non-hydrogen) atoms. The van der Waals surface area contributed by atoms with Crippen molar-refractivity contribution in [2.45, 2.75) is 65.4 Å². The molecule has 0 fully saturated rings. The Labute approximate surface area is 230 Å². The molecule has 212 valence electrons. The first-order valence-corrected chi connectivity index (χ1v) is 13.4. The fraction of sp³-hybridized carbons (Fsp3) is 0.517. The van der Waals surface area contributed by atoms with E-state index in [4.69, 9.17) is 20.3 Å². The Morgan fingerprint density at radius 3 is 2.69 bits per heavy atom. The maximum atomic E-state index is 12.5. The molecule has 0 unspecified atom stereocenters. The quantitative estimate of drug-likeness (QED) is 0.172. The lowest BCUT2D eigenvalue weighted by Crippen LogP contribution is -2.42. The molecule has 0 bridgehead atoms. The molecular weight excluding hydrogens is 498 g/mol. The van der Waals surface area contributed by atoms with Crippen LogP contribution in [0.2, 0.25) is 0 Å². The Hall–Kier alpha value is -3.34. The molecule has 1 aromatic rings. The highest BCUT2D eigenvalue weighted by Gasteiger charge is 2.28. The highest BCUT2D eigenvalue weighted by molar-refractivity contribution is 6.17. The van der Waals surface area contributed by atoms with Gasteiger partial charge in [-0.1, -0.05) is 38.1 Å². The highest BCUT2D eigenvalue weighted by Crippen LogP contribution is 2.31. The Morgan fingerprint density at radius 1 is 1.15 bits per heavy atom. The normalized spacial score (nSPS) is 15.7. The second-order valence-electron chi connectivity index (χ2n) is 11.1. The Bertz CT molecular complexity index is 1150. The number of rotatable bonds is 13. The molecule has 3 rings (SSSR count). The number of hydrazine groups is 1. The number of nitrogens with zero attached hydrogens (tertiary/aromatic N) is 1. The Morgan fingerprint density at radius 2 is 1.92 bits per heavy atom. The van der Waals surface area contributed by atoms with Crippen molar-refractivity contribution in [2.24, 2.45) is 16.3 Å². The number of para-hydroxylation sites is 2. The second kappa shape index (κ2) is 13.6. The van der Waals surface area contributed by atoms with Crippen molar-refractivity contribution in [3.05, 3.63) is 47.6 Å². The number of benzene rings is 1. The van der Waals surface area contributed by atoms with Gasteiger partial charge in [0.25, 0.3) is 0 Å². The second-order valence-corrected chi connectivity index (χ2v) is 11.1. The summed E-state index contributed by atoms with van der Waals surface area (Å²) in [6.07, 6.45) is 7.00. The van der Waals surface area contributed by atoms with E-state index >= 15 is 0 Å². The summed E-state index contributed by atoms with van der Waals surface area (Å²) in [7, 11) is 0. The largest absolute Gasteiger partial charge is 0.375 e. The van der Waals surface area contributed by atoms with Crippen LogP contribution in [0, 0.1) is 5.41 Å². The van der Waals surface area contributed by atoms with E-state index in [2.05, 4.69) is 22.1 Å². The van der Waals surface area contributed by atoms with Gasteiger partial charge in [0, 0.05) is 18.6 Å². The zero-order chi connectivity index (χ0) is 28.5. The zero-order valence-corrected chi connectivity index (χ0v) is 23.4. The Kier molecular flexibility index (Phi) is 10.6. The molecule has 2 aliphatic rings. The van der Waals surface area contributed by atoms with E-state index in [1.165, 1.54) is 0 Å². The molecule has 0 saturated carbocycles. The standard InChI is InChI=1S/C29H41N5O5/c1-28(2,27(37)34-30)14-16-39-29(3,4)13-15-31-26(36)19-38-18-20-9-5-6-10-21(20)24-17-25(35)33-23-12-8-7-11-22(23)32-24/h5,7-9,11-12H,6,10,13-19,30H2,1-4H3,(H,31,36)(H,33,35)(H,34,37). The van der Waals surface area contributed by atoms with Gasteiger partial charge in [-0.25, -0.2) is 5.84 Å². The molecule has 1 aliphatic carbocycles. The van der Waals surface area contributed by atoms with Crippen molar-refractivity contribution in [2.75, 3.05) is 31.7 Å². The number of nitrogens with one attached hydrogen (secondary N) is 3. The predicted molar refractivity (Wildman–Crippen MR) is 151 cm³/mol. The zero-order valence-electron chi connectivity index (χ0n) is 23.4. The molecular formula is C29H41N5O5. The van der Waals surface area contributed by atoms with Crippen LogP contribution in [-0.4, -0.2) is 55.4 Å². The third-order valence-corrected chi connectivity index (χ3v) is 6.88. The Balaban J connectivity index is 1.47. The minimum absolute atomic E-state index is 0.0793. The maximum absolute atomic E-state index is 12.5. The third kappa shape index (κ3) is 9.12. The van der Waals surface area contributed by atoms with Crippen LogP contribution in [-0.2, 0) is 23.9 Å². The fourth-order valence-corrected chi connectivity index (χ4v) is 4.33. The van der Waals surface area contributed by atoms with Gasteiger partial charge in [0.05, 0.1) is 35.7 Å². The molecule has 1 aromatic carbocycles. The van der Waals surface area contributed by atoms with Crippen LogP contribution in [0.25, 0.3) is 0 Å². The number of nitrogens with two attached hydrogens (primary N) is 1. The molecule has 1 aliphatic heterocycles. The molecule has 1 heterocycles. The number of carbonyl (C=O) groups excluding carboxylic acids is 3. The maximum Gasteiger partial charge on any atom is 0.246 e. The van der Waals surface area contributed by atoms with Crippen LogP contribution in [0.15, 0.2) is 52.6 Å². The molecule has 5 N–H and O–H groups in total. The minimum atomic E-state index is -0.626. The first-order valence-electron chi connectivity index (χ1n) is 13.4. The number of carbonyl (C=O) groups is 3. The van der Waals surface area contributed by atoms with Gasteiger partial charge in [0.2, 0.25) is 17.7 Å².